The first kappa shape index (κ1) is 18.5. The van der Waals surface area contributed by atoms with Gasteiger partial charge in [-0.05, 0) is 104 Å². The largest absolute Gasteiger partial charge is 0.330 e. The van der Waals surface area contributed by atoms with Crippen molar-refractivity contribution in [1.82, 2.24) is 0 Å². The maximum atomic E-state index is 13.6. The third-order valence-corrected chi connectivity index (χ3v) is 6.68. The van der Waals surface area contributed by atoms with Crippen LogP contribution < -0.4 is 5.73 Å². The number of rotatable bonds is 3. The van der Waals surface area contributed by atoms with Crippen molar-refractivity contribution in [3.63, 3.8) is 0 Å². The summed E-state index contributed by atoms with van der Waals surface area (Å²) in [5.74, 6) is -1.48. The van der Waals surface area contributed by atoms with Crippen LogP contribution in [0.5, 0.6) is 0 Å². The minimum Gasteiger partial charge on any atom is -0.330 e. The van der Waals surface area contributed by atoms with Gasteiger partial charge in [-0.3, -0.25) is 0 Å². The fourth-order valence-electron chi connectivity index (χ4n) is 4.98. The van der Waals surface area contributed by atoms with Gasteiger partial charge in [0, 0.05) is 0 Å². The van der Waals surface area contributed by atoms with Gasteiger partial charge in [0.25, 0.3) is 0 Å². The molecule has 1 atom stereocenters. The van der Waals surface area contributed by atoms with E-state index in [4.69, 9.17) is 5.73 Å². The lowest BCUT2D eigenvalue weighted by atomic mass is 9.69. The molecule has 27 heavy (non-hydrogen) atoms. The van der Waals surface area contributed by atoms with E-state index in [1.165, 1.54) is 43.2 Å². The molecule has 0 heterocycles. The van der Waals surface area contributed by atoms with E-state index in [1.807, 2.05) is 12.1 Å². The predicted molar refractivity (Wildman–Crippen MR) is 102 cm³/mol. The highest BCUT2D eigenvalue weighted by Gasteiger charge is 2.30. The van der Waals surface area contributed by atoms with Crippen LogP contribution in [0.3, 0.4) is 0 Å². The summed E-state index contributed by atoms with van der Waals surface area (Å²) in [6.45, 7) is 0.813. The summed E-state index contributed by atoms with van der Waals surface area (Å²) < 4.78 is 40.3. The number of aryl methyl sites for hydroxylation is 1. The molecule has 0 saturated heterocycles. The predicted octanol–water partition coefficient (Wildman–Crippen LogP) is 5.64. The smallest absolute Gasteiger partial charge is 0.194 e. The van der Waals surface area contributed by atoms with Crippen molar-refractivity contribution in [3.8, 4) is 11.1 Å². The first-order valence-electron chi connectivity index (χ1n) is 10.0. The third kappa shape index (κ3) is 3.77. The Labute approximate surface area is 158 Å². The van der Waals surface area contributed by atoms with E-state index in [1.54, 1.807) is 0 Å². The lowest BCUT2D eigenvalue weighted by molar-refractivity contribution is 0.192. The van der Waals surface area contributed by atoms with Crippen molar-refractivity contribution < 1.29 is 13.2 Å². The summed E-state index contributed by atoms with van der Waals surface area (Å²) in [6, 6.07) is 8.15. The molecule has 1 nitrogen and oxygen atoms in total. The SMILES string of the molecule is NCC1CCC(C2CCc3cc(-c4cc(F)c(F)c(F)c4)ccc3C2)CC1. The molecule has 0 spiro atoms. The maximum Gasteiger partial charge on any atom is 0.194 e. The molecule has 4 heteroatoms. The Morgan fingerprint density at radius 3 is 2.15 bits per heavy atom. The van der Waals surface area contributed by atoms with Crippen LogP contribution in [0.4, 0.5) is 13.2 Å². The van der Waals surface area contributed by atoms with Gasteiger partial charge in [0.15, 0.2) is 17.5 Å². The fourth-order valence-corrected chi connectivity index (χ4v) is 4.98. The van der Waals surface area contributed by atoms with Gasteiger partial charge >= 0.3 is 0 Å². The Kier molecular flexibility index (Phi) is 5.27. The average Bonchev–Trinajstić information content (AvgIpc) is 2.71. The van der Waals surface area contributed by atoms with Crippen LogP contribution in [-0.2, 0) is 12.8 Å². The molecular formula is C23H26F3N. The second-order valence-electron chi connectivity index (χ2n) is 8.26. The summed E-state index contributed by atoms with van der Waals surface area (Å²) in [4.78, 5) is 0. The highest BCUT2D eigenvalue weighted by molar-refractivity contribution is 5.65. The van der Waals surface area contributed by atoms with Crippen molar-refractivity contribution >= 4 is 0 Å². The van der Waals surface area contributed by atoms with E-state index in [2.05, 4.69) is 6.07 Å². The topological polar surface area (TPSA) is 26.0 Å². The second-order valence-corrected chi connectivity index (χ2v) is 8.26. The Morgan fingerprint density at radius 2 is 1.48 bits per heavy atom. The lowest BCUT2D eigenvalue weighted by Gasteiger charge is -2.36. The van der Waals surface area contributed by atoms with Crippen LogP contribution in [0.1, 0.15) is 43.2 Å². The number of hydrogen-bond acceptors (Lipinski definition) is 1. The lowest BCUT2D eigenvalue weighted by Crippen LogP contribution is -2.28. The molecule has 2 aromatic rings. The molecule has 2 aromatic carbocycles. The number of hydrogen-bond donors (Lipinski definition) is 1. The van der Waals surface area contributed by atoms with E-state index in [-0.39, 0.29) is 0 Å². The Morgan fingerprint density at radius 1 is 0.778 bits per heavy atom. The normalized spacial score (nSPS) is 25.3. The number of benzene rings is 2. The number of fused-ring (bicyclic) bond motifs is 1. The summed E-state index contributed by atoms with van der Waals surface area (Å²) in [6.07, 6.45) is 8.33. The molecule has 0 aromatic heterocycles. The molecule has 1 fully saturated rings. The van der Waals surface area contributed by atoms with E-state index in [9.17, 15) is 13.2 Å². The van der Waals surface area contributed by atoms with Crippen LogP contribution in [0.2, 0.25) is 0 Å². The molecule has 0 amide bonds. The monoisotopic (exact) mass is 373 g/mol. The maximum absolute atomic E-state index is 13.6. The van der Waals surface area contributed by atoms with Gasteiger partial charge in [0.2, 0.25) is 0 Å². The number of halogens is 3. The minimum atomic E-state index is -1.41. The Bertz CT molecular complexity index is 801. The summed E-state index contributed by atoms with van der Waals surface area (Å²) >= 11 is 0. The summed E-state index contributed by atoms with van der Waals surface area (Å²) in [5.41, 5.74) is 9.54. The molecule has 0 aliphatic heterocycles. The minimum absolute atomic E-state index is 0.386. The molecule has 1 saturated carbocycles. The Balaban J connectivity index is 1.50. The standard InChI is InChI=1S/C23H26F3N/c24-21-11-20(12-22(25)23(21)26)19-8-7-17-9-16(5-6-18(17)10-19)15-3-1-14(13-27)2-4-15/h7-8,10-12,14-16H,1-6,9,13,27H2. The first-order valence-corrected chi connectivity index (χ1v) is 10.0. The van der Waals surface area contributed by atoms with Gasteiger partial charge in [-0.1, -0.05) is 18.2 Å². The van der Waals surface area contributed by atoms with Crippen molar-refractivity contribution in [3.05, 3.63) is 58.9 Å². The van der Waals surface area contributed by atoms with Gasteiger partial charge in [-0.25, -0.2) is 13.2 Å². The fraction of sp³-hybridized carbons (Fsp3) is 0.478. The first-order chi connectivity index (χ1) is 13.0. The van der Waals surface area contributed by atoms with Gasteiger partial charge in [-0.2, -0.15) is 0 Å². The summed E-state index contributed by atoms with van der Waals surface area (Å²) in [7, 11) is 0. The highest BCUT2D eigenvalue weighted by atomic mass is 19.2. The summed E-state index contributed by atoms with van der Waals surface area (Å²) in [5, 5.41) is 0. The molecule has 2 aliphatic carbocycles. The van der Waals surface area contributed by atoms with E-state index in [0.717, 1.165) is 48.9 Å². The van der Waals surface area contributed by atoms with Crippen LogP contribution in [-0.4, -0.2) is 6.54 Å². The van der Waals surface area contributed by atoms with Gasteiger partial charge in [0.1, 0.15) is 0 Å². The van der Waals surface area contributed by atoms with Gasteiger partial charge in [-0.15, -0.1) is 0 Å². The van der Waals surface area contributed by atoms with Crippen molar-refractivity contribution in [2.45, 2.75) is 44.9 Å². The zero-order valence-electron chi connectivity index (χ0n) is 15.5. The second kappa shape index (κ2) is 7.67. The van der Waals surface area contributed by atoms with Crippen LogP contribution in [0.15, 0.2) is 30.3 Å². The van der Waals surface area contributed by atoms with E-state index in [0.29, 0.717) is 11.5 Å². The van der Waals surface area contributed by atoms with Crippen LogP contribution in [0, 0.1) is 35.2 Å². The molecule has 2 N–H and O–H groups in total. The highest BCUT2D eigenvalue weighted by Crippen LogP contribution is 2.40. The van der Waals surface area contributed by atoms with E-state index < -0.39 is 17.5 Å². The molecule has 2 aliphatic rings. The molecule has 0 radical (unpaired) electrons. The van der Waals surface area contributed by atoms with E-state index >= 15 is 0 Å². The molecule has 1 unspecified atom stereocenters. The van der Waals surface area contributed by atoms with Crippen molar-refractivity contribution in [1.29, 1.82) is 0 Å². The molecule has 144 valence electrons. The van der Waals surface area contributed by atoms with Crippen molar-refractivity contribution in [2.75, 3.05) is 6.54 Å². The number of nitrogens with two attached hydrogens (primary N) is 1. The molecule has 4 rings (SSSR count). The molecular weight excluding hydrogens is 347 g/mol. The van der Waals surface area contributed by atoms with Crippen LogP contribution in [0.25, 0.3) is 11.1 Å². The zero-order valence-corrected chi connectivity index (χ0v) is 15.5. The van der Waals surface area contributed by atoms with Crippen LogP contribution >= 0.6 is 0 Å². The van der Waals surface area contributed by atoms with Gasteiger partial charge < -0.3 is 5.73 Å². The van der Waals surface area contributed by atoms with Gasteiger partial charge in [0.05, 0.1) is 0 Å². The third-order valence-electron chi connectivity index (χ3n) is 6.68. The quantitative estimate of drug-likeness (QED) is 0.692. The van der Waals surface area contributed by atoms with Crippen molar-refractivity contribution in [2.24, 2.45) is 23.5 Å². The molecule has 0 bridgehead atoms. The Hall–Kier alpha value is -1.81. The average molecular weight is 373 g/mol. The zero-order chi connectivity index (χ0) is 19.0.